The standard InChI is InChI=1S/C16H24IN3O2/c1-11-8-12(17)6-7-13(11)18-14(21)9-20(5)10-15(22)19-16(2,3)4/h6-8H,9-10H2,1-5H3,(H,18,21)(H,19,22). The third kappa shape index (κ3) is 7.22. The first-order valence-electron chi connectivity index (χ1n) is 7.12. The molecule has 0 saturated heterocycles. The number of rotatable bonds is 5. The molecule has 0 fully saturated rings. The lowest BCUT2D eigenvalue weighted by Gasteiger charge is -2.23. The van der Waals surface area contributed by atoms with Crippen molar-refractivity contribution in [3.8, 4) is 0 Å². The van der Waals surface area contributed by atoms with Gasteiger partial charge in [0.2, 0.25) is 11.8 Å². The molecular weight excluding hydrogens is 393 g/mol. The smallest absolute Gasteiger partial charge is 0.238 e. The lowest BCUT2D eigenvalue weighted by Crippen LogP contribution is -2.46. The highest BCUT2D eigenvalue weighted by Gasteiger charge is 2.16. The number of nitrogens with one attached hydrogen (secondary N) is 2. The van der Waals surface area contributed by atoms with Gasteiger partial charge in [-0.3, -0.25) is 14.5 Å². The molecule has 0 heterocycles. The molecule has 0 aliphatic carbocycles. The second kappa shape index (κ2) is 7.92. The van der Waals surface area contributed by atoms with Gasteiger partial charge < -0.3 is 10.6 Å². The highest BCUT2D eigenvalue weighted by atomic mass is 127. The lowest BCUT2D eigenvalue weighted by atomic mass is 10.1. The SMILES string of the molecule is Cc1cc(I)ccc1NC(=O)CN(C)CC(=O)NC(C)(C)C. The van der Waals surface area contributed by atoms with Gasteiger partial charge in [0.1, 0.15) is 0 Å². The first-order valence-corrected chi connectivity index (χ1v) is 8.20. The molecule has 1 rings (SSSR count). The monoisotopic (exact) mass is 417 g/mol. The molecule has 0 atom stereocenters. The number of likely N-dealkylation sites (N-methyl/N-ethyl adjacent to an activating group) is 1. The van der Waals surface area contributed by atoms with Crippen molar-refractivity contribution in [2.45, 2.75) is 33.2 Å². The number of hydrogen-bond acceptors (Lipinski definition) is 3. The van der Waals surface area contributed by atoms with E-state index in [4.69, 9.17) is 0 Å². The molecule has 0 aromatic heterocycles. The van der Waals surface area contributed by atoms with Crippen LogP contribution in [0.3, 0.4) is 0 Å². The van der Waals surface area contributed by atoms with Gasteiger partial charge in [0.15, 0.2) is 0 Å². The zero-order chi connectivity index (χ0) is 16.9. The van der Waals surface area contributed by atoms with Gasteiger partial charge in [0.05, 0.1) is 13.1 Å². The number of aryl methyl sites for hydroxylation is 1. The normalized spacial score (nSPS) is 11.4. The average Bonchev–Trinajstić information content (AvgIpc) is 2.29. The van der Waals surface area contributed by atoms with Gasteiger partial charge in [-0.2, -0.15) is 0 Å². The van der Waals surface area contributed by atoms with Crippen molar-refractivity contribution in [3.05, 3.63) is 27.3 Å². The van der Waals surface area contributed by atoms with Crippen LogP contribution in [-0.4, -0.2) is 42.4 Å². The number of carbonyl (C=O) groups is 2. The maximum absolute atomic E-state index is 12.0. The summed E-state index contributed by atoms with van der Waals surface area (Å²) in [6.07, 6.45) is 0. The quantitative estimate of drug-likeness (QED) is 0.724. The Balaban J connectivity index is 2.49. The lowest BCUT2D eigenvalue weighted by molar-refractivity contribution is -0.124. The zero-order valence-electron chi connectivity index (χ0n) is 13.8. The van der Waals surface area contributed by atoms with E-state index in [9.17, 15) is 9.59 Å². The van der Waals surface area contributed by atoms with Crippen LogP contribution in [0.25, 0.3) is 0 Å². The van der Waals surface area contributed by atoms with E-state index in [0.29, 0.717) is 0 Å². The average molecular weight is 417 g/mol. The molecule has 2 amide bonds. The van der Waals surface area contributed by atoms with Crippen LogP contribution in [-0.2, 0) is 9.59 Å². The molecule has 0 radical (unpaired) electrons. The predicted octanol–water partition coefficient (Wildman–Crippen LogP) is 2.38. The highest BCUT2D eigenvalue weighted by molar-refractivity contribution is 14.1. The van der Waals surface area contributed by atoms with Crippen LogP contribution in [0.15, 0.2) is 18.2 Å². The van der Waals surface area contributed by atoms with Crippen molar-refractivity contribution in [3.63, 3.8) is 0 Å². The van der Waals surface area contributed by atoms with Crippen molar-refractivity contribution in [2.75, 3.05) is 25.5 Å². The summed E-state index contributed by atoms with van der Waals surface area (Å²) in [7, 11) is 1.75. The van der Waals surface area contributed by atoms with Crippen LogP contribution in [0.2, 0.25) is 0 Å². The second-order valence-electron chi connectivity index (χ2n) is 6.48. The number of carbonyl (C=O) groups excluding carboxylic acids is 2. The maximum Gasteiger partial charge on any atom is 0.238 e. The van der Waals surface area contributed by atoms with Gasteiger partial charge in [-0.1, -0.05) is 0 Å². The Morgan fingerprint density at radius 1 is 1.18 bits per heavy atom. The number of amides is 2. The number of nitrogens with zero attached hydrogens (tertiary/aromatic N) is 1. The van der Waals surface area contributed by atoms with E-state index < -0.39 is 0 Å². The first kappa shape index (κ1) is 18.9. The van der Waals surface area contributed by atoms with Crippen LogP contribution >= 0.6 is 22.6 Å². The van der Waals surface area contributed by atoms with E-state index >= 15 is 0 Å². The second-order valence-corrected chi connectivity index (χ2v) is 7.72. The maximum atomic E-state index is 12.0. The summed E-state index contributed by atoms with van der Waals surface area (Å²) in [6, 6.07) is 5.85. The summed E-state index contributed by atoms with van der Waals surface area (Å²) in [5.41, 5.74) is 1.56. The number of halogens is 1. The summed E-state index contributed by atoms with van der Waals surface area (Å²) < 4.78 is 1.13. The van der Waals surface area contributed by atoms with Gasteiger partial charge in [-0.05, 0) is 81.1 Å². The van der Waals surface area contributed by atoms with E-state index in [1.807, 2.05) is 45.9 Å². The van der Waals surface area contributed by atoms with Gasteiger partial charge in [0, 0.05) is 14.8 Å². The fourth-order valence-corrected chi connectivity index (χ4v) is 2.61. The Kier molecular flexibility index (Phi) is 6.80. The minimum absolute atomic E-state index is 0.0896. The Hall–Kier alpha value is -1.15. The molecule has 122 valence electrons. The predicted molar refractivity (Wildman–Crippen MR) is 97.9 cm³/mol. The minimum atomic E-state index is -0.265. The number of benzene rings is 1. The largest absolute Gasteiger partial charge is 0.350 e. The molecule has 5 nitrogen and oxygen atoms in total. The summed E-state index contributed by atoms with van der Waals surface area (Å²) in [6.45, 7) is 8.10. The fourth-order valence-electron chi connectivity index (χ4n) is 1.96. The third-order valence-corrected chi connectivity index (χ3v) is 3.47. The van der Waals surface area contributed by atoms with Crippen LogP contribution in [0.5, 0.6) is 0 Å². The first-order chi connectivity index (χ1) is 10.1. The van der Waals surface area contributed by atoms with E-state index in [-0.39, 0.29) is 30.4 Å². The highest BCUT2D eigenvalue weighted by Crippen LogP contribution is 2.17. The molecule has 1 aromatic carbocycles. The molecular formula is C16H24IN3O2. The van der Waals surface area contributed by atoms with Crippen LogP contribution in [0.4, 0.5) is 5.69 Å². The van der Waals surface area contributed by atoms with E-state index in [1.54, 1.807) is 11.9 Å². The van der Waals surface area contributed by atoms with Gasteiger partial charge in [0.25, 0.3) is 0 Å². The Morgan fingerprint density at radius 2 is 1.77 bits per heavy atom. The molecule has 22 heavy (non-hydrogen) atoms. The summed E-state index contributed by atoms with van der Waals surface area (Å²) in [5.74, 6) is -0.219. The van der Waals surface area contributed by atoms with Gasteiger partial charge >= 0.3 is 0 Å². The molecule has 1 aromatic rings. The van der Waals surface area contributed by atoms with Crippen LogP contribution in [0.1, 0.15) is 26.3 Å². The Morgan fingerprint density at radius 3 is 2.32 bits per heavy atom. The summed E-state index contributed by atoms with van der Waals surface area (Å²) >= 11 is 2.23. The van der Waals surface area contributed by atoms with Crippen molar-refractivity contribution < 1.29 is 9.59 Å². The zero-order valence-corrected chi connectivity index (χ0v) is 15.9. The molecule has 0 bridgehead atoms. The molecule has 0 spiro atoms. The molecule has 0 unspecified atom stereocenters. The third-order valence-electron chi connectivity index (χ3n) is 2.80. The van der Waals surface area contributed by atoms with Gasteiger partial charge in [-0.15, -0.1) is 0 Å². The summed E-state index contributed by atoms with van der Waals surface area (Å²) in [4.78, 5) is 25.5. The van der Waals surface area contributed by atoms with Crippen molar-refractivity contribution >= 4 is 40.1 Å². The molecule has 6 heteroatoms. The Labute approximate surface area is 146 Å². The number of hydrogen-bond donors (Lipinski definition) is 2. The van der Waals surface area contributed by atoms with E-state index in [2.05, 4.69) is 33.2 Å². The van der Waals surface area contributed by atoms with Crippen molar-refractivity contribution in [1.29, 1.82) is 0 Å². The van der Waals surface area contributed by atoms with E-state index in [1.165, 1.54) is 0 Å². The minimum Gasteiger partial charge on any atom is -0.350 e. The van der Waals surface area contributed by atoms with Crippen LogP contribution in [0, 0.1) is 10.5 Å². The fraction of sp³-hybridized carbons (Fsp3) is 0.500. The molecule has 0 saturated carbocycles. The molecule has 0 aliphatic rings. The number of anilines is 1. The van der Waals surface area contributed by atoms with E-state index in [0.717, 1.165) is 14.8 Å². The topological polar surface area (TPSA) is 61.4 Å². The van der Waals surface area contributed by atoms with Gasteiger partial charge in [-0.25, -0.2) is 0 Å². The van der Waals surface area contributed by atoms with Crippen LogP contribution < -0.4 is 10.6 Å². The summed E-state index contributed by atoms with van der Waals surface area (Å²) in [5, 5.41) is 5.75. The Bertz CT molecular complexity index is 553. The molecule has 0 aliphatic heterocycles. The van der Waals surface area contributed by atoms with Crippen molar-refractivity contribution in [1.82, 2.24) is 10.2 Å². The van der Waals surface area contributed by atoms with Crippen molar-refractivity contribution in [2.24, 2.45) is 0 Å². The molecule has 2 N–H and O–H groups in total.